The molecule has 0 radical (unpaired) electrons. The number of hydrogen-bond donors (Lipinski definition) is 1. The van der Waals surface area contributed by atoms with Gasteiger partial charge in [0.05, 0.1) is 17.2 Å². The number of carbonyl (C=O) groups excluding carboxylic acids is 2. The van der Waals surface area contributed by atoms with E-state index in [1.807, 2.05) is 13.0 Å². The highest BCUT2D eigenvalue weighted by molar-refractivity contribution is 5.92. The van der Waals surface area contributed by atoms with Crippen molar-refractivity contribution in [1.29, 1.82) is 5.26 Å². The molecule has 1 rings (SSSR count). The Hall–Kier alpha value is -2.35. The molecule has 1 unspecified atom stereocenters. The van der Waals surface area contributed by atoms with Crippen LogP contribution in [0.1, 0.15) is 36.2 Å². The van der Waals surface area contributed by atoms with E-state index in [0.717, 1.165) is 6.42 Å². The summed E-state index contributed by atoms with van der Waals surface area (Å²) in [6.07, 6.45) is -0.0406. The molecule has 1 amide bonds. The lowest BCUT2D eigenvalue weighted by molar-refractivity contribution is -0.129. The summed E-state index contributed by atoms with van der Waals surface area (Å²) in [5.41, 5.74) is 0.631. The molecule has 5 heteroatoms. The molecule has 1 N–H and O–H groups in total. The maximum absolute atomic E-state index is 11.8. The van der Waals surface area contributed by atoms with Crippen LogP contribution in [-0.4, -0.2) is 24.5 Å². The Balaban J connectivity index is 2.64. The zero-order chi connectivity index (χ0) is 14.3. The first-order chi connectivity index (χ1) is 9.08. The smallest absolute Gasteiger partial charge is 0.338 e. The second kappa shape index (κ2) is 7.17. The Morgan fingerprint density at radius 2 is 2.21 bits per heavy atom. The molecule has 0 fully saturated rings. The predicted octanol–water partition coefficient (Wildman–Crippen LogP) is 1.63. The van der Waals surface area contributed by atoms with Gasteiger partial charge in [0.25, 0.3) is 5.91 Å². The highest BCUT2D eigenvalue weighted by Crippen LogP contribution is 2.07. The third-order valence-electron chi connectivity index (χ3n) is 2.43. The number of amides is 1. The lowest BCUT2D eigenvalue weighted by atomic mass is 10.1. The first-order valence-electron chi connectivity index (χ1n) is 6.07. The SMILES string of the molecule is CCCNC(=O)C(C)OC(=O)c1cccc(C#N)c1. The maximum atomic E-state index is 11.8. The molecular weight excluding hydrogens is 244 g/mol. The maximum Gasteiger partial charge on any atom is 0.338 e. The zero-order valence-corrected chi connectivity index (χ0v) is 11.0. The van der Waals surface area contributed by atoms with E-state index >= 15 is 0 Å². The Morgan fingerprint density at radius 1 is 1.47 bits per heavy atom. The number of nitrogens with one attached hydrogen (secondary N) is 1. The van der Waals surface area contributed by atoms with E-state index in [1.165, 1.54) is 13.0 Å². The van der Waals surface area contributed by atoms with E-state index in [-0.39, 0.29) is 11.5 Å². The number of ether oxygens (including phenoxy) is 1. The van der Waals surface area contributed by atoms with Crippen molar-refractivity contribution >= 4 is 11.9 Å². The van der Waals surface area contributed by atoms with E-state index < -0.39 is 12.1 Å². The van der Waals surface area contributed by atoms with Gasteiger partial charge in [-0.3, -0.25) is 4.79 Å². The fraction of sp³-hybridized carbons (Fsp3) is 0.357. The summed E-state index contributed by atoms with van der Waals surface area (Å²) < 4.78 is 5.03. The molecule has 0 aliphatic heterocycles. The predicted molar refractivity (Wildman–Crippen MR) is 69.3 cm³/mol. The van der Waals surface area contributed by atoms with Gasteiger partial charge in [-0.1, -0.05) is 13.0 Å². The number of carbonyl (C=O) groups is 2. The third-order valence-corrected chi connectivity index (χ3v) is 2.43. The van der Waals surface area contributed by atoms with Gasteiger partial charge in [0.1, 0.15) is 0 Å². The van der Waals surface area contributed by atoms with Crippen LogP contribution in [0.3, 0.4) is 0 Å². The molecule has 0 aliphatic rings. The number of nitriles is 1. The van der Waals surface area contributed by atoms with E-state index in [0.29, 0.717) is 12.1 Å². The zero-order valence-electron chi connectivity index (χ0n) is 11.0. The van der Waals surface area contributed by atoms with Crippen LogP contribution in [-0.2, 0) is 9.53 Å². The number of rotatable bonds is 5. The van der Waals surface area contributed by atoms with Crippen LogP contribution >= 0.6 is 0 Å². The first kappa shape index (κ1) is 14.7. The lowest BCUT2D eigenvalue weighted by Crippen LogP contribution is -2.36. The minimum absolute atomic E-state index is 0.259. The molecule has 0 saturated carbocycles. The van der Waals surface area contributed by atoms with Crippen molar-refractivity contribution in [3.8, 4) is 6.07 Å². The summed E-state index contributed by atoms with van der Waals surface area (Å²) in [6, 6.07) is 8.10. The number of esters is 1. The van der Waals surface area contributed by atoms with Gasteiger partial charge in [-0.15, -0.1) is 0 Å². The van der Waals surface area contributed by atoms with Crippen molar-refractivity contribution in [2.75, 3.05) is 6.54 Å². The average molecular weight is 260 g/mol. The quantitative estimate of drug-likeness (QED) is 0.816. The number of nitrogens with zero attached hydrogens (tertiary/aromatic N) is 1. The molecule has 1 aromatic carbocycles. The standard InChI is InChI=1S/C14H16N2O3/c1-3-7-16-13(17)10(2)19-14(18)12-6-4-5-11(8-12)9-15/h4-6,8,10H,3,7H2,1-2H3,(H,16,17). The van der Waals surface area contributed by atoms with Crippen molar-refractivity contribution < 1.29 is 14.3 Å². The van der Waals surface area contributed by atoms with E-state index in [2.05, 4.69) is 5.32 Å². The average Bonchev–Trinajstić information content (AvgIpc) is 2.44. The van der Waals surface area contributed by atoms with E-state index in [4.69, 9.17) is 10.00 Å². The minimum atomic E-state index is -0.857. The van der Waals surface area contributed by atoms with Gasteiger partial charge in [0, 0.05) is 6.54 Å². The van der Waals surface area contributed by atoms with Gasteiger partial charge >= 0.3 is 5.97 Å². The van der Waals surface area contributed by atoms with Crippen molar-refractivity contribution in [3.63, 3.8) is 0 Å². The Bertz CT molecular complexity index is 506. The first-order valence-corrected chi connectivity index (χ1v) is 6.07. The van der Waals surface area contributed by atoms with Crippen LogP contribution in [0.25, 0.3) is 0 Å². The molecule has 0 bridgehead atoms. The molecule has 0 saturated heterocycles. The van der Waals surface area contributed by atoms with Gasteiger partial charge < -0.3 is 10.1 Å². The molecule has 100 valence electrons. The molecule has 1 aromatic rings. The molecule has 1 atom stereocenters. The van der Waals surface area contributed by atoms with Crippen molar-refractivity contribution in [2.45, 2.75) is 26.4 Å². The van der Waals surface area contributed by atoms with E-state index in [1.54, 1.807) is 18.2 Å². The molecular formula is C14H16N2O3. The summed E-state index contributed by atoms with van der Waals surface area (Å²) in [5.74, 6) is -0.942. The van der Waals surface area contributed by atoms with Gasteiger partial charge in [-0.2, -0.15) is 5.26 Å². The van der Waals surface area contributed by atoms with Gasteiger partial charge in [0.2, 0.25) is 0 Å². The summed E-state index contributed by atoms with van der Waals surface area (Å²) >= 11 is 0. The lowest BCUT2D eigenvalue weighted by Gasteiger charge is -2.13. The molecule has 0 heterocycles. The van der Waals surface area contributed by atoms with Gasteiger partial charge in [-0.05, 0) is 31.5 Å². The minimum Gasteiger partial charge on any atom is -0.449 e. The molecule has 0 aromatic heterocycles. The fourth-order valence-corrected chi connectivity index (χ4v) is 1.39. The third kappa shape index (κ3) is 4.43. The summed E-state index contributed by atoms with van der Waals surface area (Å²) in [5, 5.41) is 11.4. The van der Waals surface area contributed by atoms with Crippen LogP contribution in [0.15, 0.2) is 24.3 Å². The highest BCUT2D eigenvalue weighted by Gasteiger charge is 2.18. The largest absolute Gasteiger partial charge is 0.449 e. The Labute approximate surface area is 112 Å². The fourth-order valence-electron chi connectivity index (χ4n) is 1.39. The highest BCUT2D eigenvalue weighted by atomic mass is 16.5. The molecule has 19 heavy (non-hydrogen) atoms. The van der Waals surface area contributed by atoms with Crippen LogP contribution in [0, 0.1) is 11.3 Å². The molecule has 0 aliphatic carbocycles. The summed E-state index contributed by atoms with van der Waals surface area (Å²) in [7, 11) is 0. The monoisotopic (exact) mass is 260 g/mol. The second-order valence-corrected chi connectivity index (χ2v) is 4.03. The summed E-state index contributed by atoms with van der Waals surface area (Å²) in [4.78, 5) is 23.3. The van der Waals surface area contributed by atoms with Crippen molar-refractivity contribution in [2.24, 2.45) is 0 Å². The van der Waals surface area contributed by atoms with Crippen LogP contribution in [0.4, 0.5) is 0 Å². The Morgan fingerprint density at radius 3 is 2.84 bits per heavy atom. The van der Waals surface area contributed by atoms with Crippen molar-refractivity contribution in [1.82, 2.24) is 5.32 Å². The number of hydrogen-bond acceptors (Lipinski definition) is 4. The number of benzene rings is 1. The Kier molecular flexibility index (Phi) is 5.55. The normalized spacial score (nSPS) is 11.2. The van der Waals surface area contributed by atoms with Crippen molar-refractivity contribution in [3.05, 3.63) is 35.4 Å². The molecule has 5 nitrogen and oxygen atoms in total. The van der Waals surface area contributed by atoms with Crippen LogP contribution in [0.5, 0.6) is 0 Å². The van der Waals surface area contributed by atoms with Crippen LogP contribution in [0.2, 0.25) is 0 Å². The van der Waals surface area contributed by atoms with Gasteiger partial charge in [0.15, 0.2) is 6.10 Å². The second-order valence-electron chi connectivity index (χ2n) is 4.03. The van der Waals surface area contributed by atoms with Crippen LogP contribution < -0.4 is 5.32 Å². The van der Waals surface area contributed by atoms with Gasteiger partial charge in [-0.25, -0.2) is 4.79 Å². The summed E-state index contributed by atoms with van der Waals surface area (Å²) in [6.45, 7) is 3.99. The van der Waals surface area contributed by atoms with E-state index in [9.17, 15) is 9.59 Å². The molecule has 0 spiro atoms. The topological polar surface area (TPSA) is 79.2 Å².